The Kier molecular flexibility index (Phi) is 4.74. The molecule has 0 bridgehead atoms. The molecule has 0 spiro atoms. The highest BCUT2D eigenvalue weighted by Gasteiger charge is 2.15. The molecule has 0 aromatic heterocycles. The van der Waals surface area contributed by atoms with Crippen LogP contribution in [0.5, 0.6) is 0 Å². The SMILES string of the molecule is CCCCCN(C)C(C)(C)C. The van der Waals surface area contributed by atoms with Crippen molar-refractivity contribution in [3.05, 3.63) is 0 Å². The molecule has 0 aromatic carbocycles. The minimum atomic E-state index is 0.341. The zero-order valence-electron chi connectivity index (χ0n) is 8.78. The van der Waals surface area contributed by atoms with Crippen molar-refractivity contribution in [3.8, 4) is 0 Å². The van der Waals surface area contributed by atoms with E-state index in [1.165, 1.54) is 25.8 Å². The van der Waals surface area contributed by atoms with Crippen LogP contribution in [0.2, 0.25) is 0 Å². The lowest BCUT2D eigenvalue weighted by Crippen LogP contribution is -2.38. The third-order valence-electron chi connectivity index (χ3n) is 2.24. The summed E-state index contributed by atoms with van der Waals surface area (Å²) in [4.78, 5) is 2.42. The number of nitrogens with zero attached hydrogens (tertiary/aromatic N) is 1. The van der Waals surface area contributed by atoms with E-state index in [0.717, 1.165) is 0 Å². The summed E-state index contributed by atoms with van der Waals surface area (Å²) in [6, 6.07) is 0. The minimum Gasteiger partial charge on any atom is -0.302 e. The van der Waals surface area contributed by atoms with Crippen LogP contribution in [0.25, 0.3) is 0 Å². The van der Waals surface area contributed by atoms with Gasteiger partial charge in [-0.1, -0.05) is 19.8 Å². The van der Waals surface area contributed by atoms with Gasteiger partial charge in [0, 0.05) is 5.54 Å². The molecule has 0 atom stereocenters. The van der Waals surface area contributed by atoms with Gasteiger partial charge in [-0.15, -0.1) is 0 Å². The van der Waals surface area contributed by atoms with Crippen LogP contribution in [0.1, 0.15) is 47.0 Å². The van der Waals surface area contributed by atoms with Crippen molar-refractivity contribution in [1.29, 1.82) is 0 Å². The molecule has 0 N–H and O–H groups in total. The van der Waals surface area contributed by atoms with Crippen molar-refractivity contribution in [1.82, 2.24) is 4.90 Å². The van der Waals surface area contributed by atoms with Gasteiger partial charge in [0.15, 0.2) is 0 Å². The molecule has 0 aliphatic heterocycles. The van der Waals surface area contributed by atoms with E-state index in [9.17, 15) is 0 Å². The predicted molar refractivity (Wildman–Crippen MR) is 51.9 cm³/mol. The molecule has 0 rings (SSSR count). The molecular weight excluding hydrogens is 134 g/mol. The molecule has 0 aromatic rings. The molecule has 68 valence electrons. The van der Waals surface area contributed by atoms with Crippen LogP contribution in [-0.4, -0.2) is 24.0 Å². The summed E-state index contributed by atoms with van der Waals surface area (Å²) in [5.41, 5.74) is 0.341. The Hall–Kier alpha value is -0.0400. The molecule has 0 heterocycles. The van der Waals surface area contributed by atoms with Gasteiger partial charge >= 0.3 is 0 Å². The Morgan fingerprint density at radius 2 is 1.64 bits per heavy atom. The molecule has 0 fully saturated rings. The monoisotopic (exact) mass is 157 g/mol. The lowest BCUT2D eigenvalue weighted by molar-refractivity contribution is 0.172. The fourth-order valence-corrected chi connectivity index (χ4v) is 0.934. The molecule has 0 saturated heterocycles. The Morgan fingerprint density at radius 1 is 1.09 bits per heavy atom. The molecule has 0 saturated carbocycles. The van der Waals surface area contributed by atoms with Crippen molar-refractivity contribution in [3.63, 3.8) is 0 Å². The normalized spacial score (nSPS) is 12.5. The van der Waals surface area contributed by atoms with Crippen molar-refractivity contribution in [2.45, 2.75) is 52.5 Å². The smallest absolute Gasteiger partial charge is 0.0122 e. The van der Waals surface area contributed by atoms with Crippen LogP contribution < -0.4 is 0 Å². The number of rotatable bonds is 4. The van der Waals surface area contributed by atoms with Crippen molar-refractivity contribution in [2.24, 2.45) is 0 Å². The number of hydrogen-bond donors (Lipinski definition) is 0. The van der Waals surface area contributed by atoms with Gasteiger partial charge in [-0.05, 0) is 40.8 Å². The van der Waals surface area contributed by atoms with E-state index >= 15 is 0 Å². The molecule has 0 radical (unpaired) electrons. The van der Waals surface area contributed by atoms with E-state index in [0.29, 0.717) is 5.54 Å². The first kappa shape index (κ1) is 11.0. The zero-order valence-corrected chi connectivity index (χ0v) is 8.78. The molecule has 1 heteroatoms. The van der Waals surface area contributed by atoms with Crippen LogP contribution >= 0.6 is 0 Å². The second-order valence-corrected chi connectivity index (χ2v) is 4.30. The quantitative estimate of drug-likeness (QED) is 0.567. The largest absolute Gasteiger partial charge is 0.302 e. The average Bonchev–Trinajstić information content (AvgIpc) is 1.86. The summed E-state index contributed by atoms with van der Waals surface area (Å²) in [5, 5.41) is 0. The molecule has 0 aliphatic rings. The van der Waals surface area contributed by atoms with Crippen molar-refractivity contribution in [2.75, 3.05) is 13.6 Å². The Balaban J connectivity index is 3.44. The van der Waals surface area contributed by atoms with Crippen LogP contribution in [0.15, 0.2) is 0 Å². The van der Waals surface area contributed by atoms with Gasteiger partial charge in [0.2, 0.25) is 0 Å². The van der Waals surface area contributed by atoms with E-state index < -0.39 is 0 Å². The molecule has 0 amide bonds. The highest BCUT2D eigenvalue weighted by atomic mass is 15.1. The summed E-state index contributed by atoms with van der Waals surface area (Å²) in [6.45, 7) is 10.3. The van der Waals surface area contributed by atoms with E-state index in [1.807, 2.05) is 0 Å². The molecule has 11 heavy (non-hydrogen) atoms. The third-order valence-corrected chi connectivity index (χ3v) is 2.24. The summed E-state index contributed by atoms with van der Waals surface area (Å²) in [6.07, 6.45) is 4.02. The lowest BCUT2D eigenvalue weighted by Gasteiger charge is -2.31. The second-order valence-electron chi connectivity index (χ2n) is 4.30. The Labute approximate surface area is 71.8 Å². The van der Waals surface area contributed by atoms with Gasteiger partial charge in [0.25, 0.3) is 0 Å². The fraction of sp³-hybridized carbons (Fsp3) is 1.00. The number of unbranched alkanes of at least 4 members (excludes halogenated alkanes) is 2. The Morgan fingerprint density at radius 3 is 2.00 bits per heavy atom. The molecule has 0 unspecified atom stereocenters. The first-order chi connectivity index (χ1) is 4.98. The van der Waals surface area contributed by atoms with Gasteiger partial charge < -0.3 is 4.90 Å². The Bertz CT molecular complexity index is 91.5. The highest BCUT2D eigenvalue weighted by Crippen LogP contribution is 2.11. The van der Waals surface area contributed by atoms with Crippen LogP contribution in [0.4, 0.5) is 0 Å². The summed E-state index contributed by atoms with van der Waals surface area (Å²) in [5.74, 6) is 0. The number of hydrogen-bond acceptors (Lipinski definition) is 1. The van der Waals surface area contributed by atoms with Gasteiger partial charge in [-0.2, -0.15) is 0 Å². The van der Waals surface area contributed by atoms with Gasteiger partial charge in [0.05, 0.1) is 0 Å². The maximum atomic E-state index is 2.42. The van der Waals surface area contributed by atoms with Crippen LogP contribution in [0.3, 0.4) is 0 Å². The van der Waals surface area contributed by atoms with Crippen LogP contribution in [-0.2, 0) is 0 Å². The maximum Gasteiger partial charge on any atom is 0.0122 e. The minimum absolute atomic E-state index is 0.341. The average molecular weight is 157 g/mol. The summed E-state index contributed by atoms with van der Waals surface area (Å²) >= 11 is 0. The van der Waals surface area contributed by atoms with E-state index in [2.05, 4.69) is 39.6 Å². The van der Waals surface area contributed by atoms with Crippen LogP contribution in [0, 0.1) is 0 Å². The van der Waals surface area contributed by atoms with Gasteiger partial charge in [-0.25, -0.2) is 0 Å². The van der Waals surface area contributed by atoms with E-state index in [4.69, 9.17) is 0 Å². The predicted octanol–water partition coefficient (Wildman–Crippen LogP) is 2.91. The van der Waals surface area contributed by atoms with Crippen molar-refractivity contribution >= 4 is 0 Å². The summed E-state index contributed by atoms with van der Waals surface area (Å²) in [7, 11) is 2.20. The highest BCUT2D eigenvalue weighted by molar-refractivity contribution is 4.72. The first-order valence-electron chi connectivity index (χ1n) is 4.69. The van der Waals surface area contributed by atoms with Gasteiger partial charge in [0.1, 0.15) is 0 Å². The standard InChI is InChI=1S/C10H23N/c1-6-7-8-9-11(5)10(2,3)4/h6-9H2,1-5H3. The lowest BCUT2D eigenvalue weighted by atomic mass is 10.1. The second kappa shape index (κ2) is 4.76. The third kappa shape index (κ3) is 5.25. The fourth-order valence-electron chi connectivity index (χ4n) is 0.934. The van der Waals surface area contributed by atoms with E-state index in [1.54, 1.807) is 0 Å². The van der Waals surface area contributed by atoms with Gasteiger partial charge in [-0.3, -0.25) is 0 Å². The maximum absolute atomic E-state index is 2.42. The first-order valence-corrected chi connectivity index (χ1v) is 4.69. The zero-order chi connectivity index (χ0) is 8.91. The van der Waals surface area contributed by atoms with Crippen molar-refractivity contribution < 1.29 is 0 Å². The summed E-state index contributed by atoms with van der Waals surface area (Å²) < 4.78 is 0. The topological polar surface area (TPSA) is 3.24 Å². The molecule has 1 nitrogen and oxygen atoms in total. The molecule has 0 aliphatic carbocycles. The van der Waals surface area contributed by atoms with E-state index in [-0.39, 0.29) is 0 Å². The molecular formula is C10H23N.